The van der Waals surface area contributed by atoms with Crippen LogP contribution in [-0.4, -0.2) is 50.6 Å². The molecule has 2 aromatic carbocycles. The number of likely N-dealkylation sites (tertiary alicyclic amines) is 1. The minimum absolute atomic E-state index is 0.00904. The topological polar surface area (TPSA) is 99.2 Å². The van der Waals surface area contributed by atoms with Crippen molar-refractivity contribution in [2.75, 3.05) is 25.9 Å². The molecule has 8 heteroatoms. The number of nitrogens with two attached hydrogens (primary N) is 1. The van der Waals surface area contributed by atoms with Crippen LogP contribution in [0.1, 0.15) is 18.4 Å². The molecule has 1 fully saturated rings. The minimum atomic E-state index is -0.0966. The molecule has 1 aliphatic rings. The van der Waals surface area contributed by atoms with Gasteiger partial charge in [-0.25, -0.2) is 15.0 Å². The van der Waals surface area contributed by atoms with E-state index in [0.717, 1.165) is 66.1 Å². The number of esters is 1. The van der Waals surface area contributed by atoms with Gasteiger partial charge in [-0.15, -0.1) is 0 Å². The van der Waals surface area contributed by atoms with Crippen molar-refractivity contribution in [2.45, 2.75) is 19.4 Å². The zero-order chi connectivity index (χ0) is 26.8. The van der Waals surface area contributed by atoms with Crippen LogP contribution in [0.15, 0.2) is 85.1 Å². The van der Waals surface area contributed by atoms with Gasteiger partial charge in [0.1, 0.15) is 11.3 Å². The normalized spacial score (nSPS) is 14.5. The summed E-state index contributed by atoms with van der Waals surface area (Å²) in [6.07, 6.45) is 3.34. The molecule has 4 heterocycles. The second kappa shape index (κ2) is 10.7. The Labute approximate surface area is 227 Å². The van der Waals surface area contributed by atoms with Gasteiger partial charge >= 0.3 is 5.97 Å². The Morgan fingerprint density at radius 2 is 1.72 bits per heavy atom. The molecular formula is C31H30N6O2. The molecular weight excluding hydrogens is 488 g/mol. The molecule has 39 heavy (non-hydrogen) atoms. The third-order valence-corrected chi connectivity index (χ3v) is 7.38. The molecule has 0 aliphatic carbocycles. The van der Waals surface area contributed by atoms with Crippen molar-refractivity contribution in [1.29, 1.82) is 0 Å². The molecule has 0 unspecified atom stereocenters. The number of rotatable bonds is 6. The highest BCUT2D eigenvalue weighted by molar-refractivity contribution is 5.84. The number of nitrogen functional groups attached to an aromatic ring is 1. The third-order valence-electron chi connectivity index (χ3n) is 7.38. The van der Waals surface area contributed by atoms with E-state index < -0.39 is 0 Å². The smallest absolute Gasteiger partial charge is 0.308 e. The molecule has 0 amide bonds. The lowest BCUT2D eigenvalue weighted by Crippen LogP contribution is -2.36. The van der Waals surface area contributed by atoms with E-state index in [2.05, 4.69) is 50.8 Å². The van der Waals surface area contributed by atoms with Gasteiger partial charge < -0.3 is 10.5 Å². The SMILES string of the molecule is COC(=O)C1CCN(Cc2ccc(-n3c(-c4cccnc4N)nc4ccc(-c5ccccc5)nc43)cc2)CC1. The highest BCUT2D eigenvalue weighted by atomic mass is 16.5. The summed E-state index contributed by atoms with van der Waals surface area (Å²) >= 11 is 0. The maximum atomic E-state index is 11.9. The van der Waals surface area contributed by atoms with Gasteiger partial charge in [-0.1, -0.05) is 42.5 Å². The van der Waals surface area contributed by atoms with Gasteiger partial charge in [0.25, 0.3) is 0 Å². The van der Waals surface area contributed by atoms with E-state index in [1.807, 2.05) is 42.5 Å². The summed E-state index contributed by atoms with van der Waals surface area (Å²) in [7, 11) is 1.46. The summed E-state index contributed by atoms with van der Waals surface area (Å²) in [5, 5.41) is 0. The molecule has 1 aliphatic heterocycles. The first kappa shape index (κ1) is 24.8. The quantitative estimate of drug-likeness (QED) is 0.312. The summed E-state index contributed by atoms with van der Waals surface area (Å²) in [5.74, 6) is 1.03. The number of imidazole rings is 1. The Hall–Kier alpha value is -4.56. The van der Waals surface area contributed by atoms with Crippen LogP contribution in [-0.2, 0) is 16.1 Å². The van der Waals surface area contributed by atoms with Crippen molar-refractivity contribution >= 4 is 23.0 Å². The van der Waals surface area contributed by atoms with Crippen LogP contribution in [0.25, 0.3) is 39.5 Å². The van der Waals surface area contributed by atoms with E-state index in [0.29, 0.717) is 11.6 Å². The Bertz CT molecular complexity index is 1610. The number of carbonyl (C=O) groups excluding carboxylic acids is 1. The zero-order valence-corrected chi connectivity index (χ0v) is 21.8. The first-order chi connectivity index (χ1) is 19.1. The maximum absolute atomic E-state index is 11.9. The summed E-state index contributed by atoms with van der Waals surface area (Å²) in [6.45, 7) is 2.59. The van der Waals surface area contributed by atoms with Gasteiger partial charge in [-0.2, -0.15) is 0 Å². The summed E-state index contributed by atoms with van der Waals surface area (Å²) < 4.78 is 6.98. The number of hydrogen-bond acceptors (Lipinski definition) is 7. The van der Waals surface area contributed by atoms with Crippen molar-refractivity contribution in [3.63, 3.8) is 0 Å². The second-order valence-corrected chi connectivity index (χ2v) is 9.85. The third kappa shape index (κ3) is 4.98. The molecule has 2 N–H and O–H groups in total. The number of nitrogens with zero attached hydrogens (tertiary/aromatic N) is 5. The first-order valence-electron chi connectivity index (χ1n) is 13.2. The van der Waals surface area contributed by atoms with Gasteiger partial charge in [-0.3, -0.25) is 14.3 Å². The van der Waals surface area contributed by atoms with E-state index in [-0.39, 0.29) is 11.9 Å². The predicted octanol–water partition coefficient (Wildman–Crippen LogP) is 5.12. The number of fused-ring (bicyclic) bond motifs is 1. The number of anilines is 1. The summed E-state index contributed by atoms with van der Waals surface area (Å²) in [6, 6.07) is 26.4. The monoisotopic (exact) mass is 518 g/mol. The van der Waals surface area contributed by atoms with Crippen molar-refractivity contribution in [1.82, 2.24) is 24.4 Å². The molecule has 8 nitrogen and oxygen atoms in total. The number of aromatic nitrogens is 4. The van der Waals surface area contributed by atoms with E-state index in [1.165, 1.54) is 12.7 Å². The molecule has 0 saturated carbocycles. The lowest BCUT2D eigenvalue weighted by Gasteiger charge is -2.30. The summed E-state index contributed by atoms with van der Waals surface area (Å²) in [5.41, 5.74) is 12.7. The molecule has 1 saturated heterocycles. The van der Waals surface area contributed by atoms with E-state index >= 15 is 0 Å². The molecule has 0 atom stereocenters. The Morgan fingerprint density at radius 1 is 0.949 bits per heavy atom. The lowest BCUT2D eigenvalue weighted by molar-refractivity contribution is -0.147. The molecule has 3 aromatic heterocycles. The Morgan fingerprint density at radius 3 is 2.44 bits per heavy atom. The van der Waals surface area contributed by atoms with Crippen molar-refractivity contribution in [2.24, 2.45) is 5.92 Å². The first-order valence-corrected chi connectivity index (χ1v) is 13.2. The Kier molecular flexibility index (Phi) is 6.77. The number of piperidine rings is 1. The second-order valence-electron chi connectivity index (χ2n) is 9.85. The van der Waals surface area contributed by atoms with Gasteiger partial charge in [0.2, 0.25) is 0 Å². The molecule has 0 bridgehead atoms. The minimum Gasteiger partial charge on any atom is -0.469 e. The largest absolute Gasteiger partial charge is 0.469 e. The lowest BCUT2D eigenvalue weighted by atomic mass is 9.96. The van der Waals surface area contributed by atoms with Crippen molar-refractivity contribution in [3.05, 3.63) is 90.6 Å². The van der Waals surface area contributed by atoms with Crippen LogP contribution in [0, 0.1) is 5.92 Å². The highest BCUT2D eigenvalue weighted by Gasteiger charge is 2.25. The number of benzene rings is 2. The van der Waals surface area contributed by atoms with Crippen LogP contribution >= 0.6 is 0 Å². The number of carbonyl (C=O) groups is 1. The van der Waals surface area contributed by atoms with E-state index in [4.69, 9.17) is 20.4 Å². The average Bonchev–Trinajstić information content (AvgIpc) is 3.37. The van der Waals surface area contributed by atoms with Crippen molar-refractivity contribution < 1.29 is 9.53 Å². The molecule has 0 spiro atoms. The number of pyridine rings is 2. The number of hydrogen-bond donors (Lipinski definition) is 1. The van der Waals surface area contributed by atoms with Crippen LogP contribution in [0.4, 0.5) is 5.82 Å². The average molecular weight is 519 g/mol. The molecule has 0 radical (unpaired) electrons. The molecule has 5 aromatic rings. The molecule has 6 rings (SSSR count). The van der Waals surface area contributed by atoms with Crippen LogP contribution in [0.2, 0.25) is 0 Å². The van der Waals surface area contributed by atoms with Gasteiger partial charge in [0.15, 0.2) is 11.5 Å². The predicted molar refractivity (Wildman–Crippen MR) is 152 cm³/mol. The van der Waals surface area contributed by atoms with Gasteiger partial charge in [-0.05, 0) is 67.9 Å². The number of ether oxygens (including phenoxy) is 1. The van der Waals surface area contributed by atoms with Crippen LogP contribution in [0.3, 0.4) is 0 Å². The van der Waals surface area contributed by atoms with Crippen LogP contribution in [0.5, 0.6) is 0 Å². The fraction of sp³-hybridized carbons (Fsp3) is 0.226. The standard InChI is InChI=1S/C31H30N6O2/c1-39-31(38)23-15-18-36(19-16-23)20-21-9-11-24(12-10-21)37-29(25-8-5-17-33-28(25)32)35-27-14-13-26(34-30(27)37)22-6-3-2-4-7-22/h2-14,17,23H,15-16,18-20H2,1H3,(H2,32,33). The number of methoxy groups -OCH3 is 1. The highest BCUT2D eigenvalue weighted by Crippen LogP contribution is 2.32. The van der Waals surface area contributed by atoms with Crippen LogP contribution < -0.4 is 5.73 Å². The van der Waals surface area contributed by atoms with Gasteiger partial charge in [0.05, 0.1) is 24.3 Å². The van der Waals surface area contributed by atoms with E-state index in [9.17, 15) is 4.79 Å². The van der Waals surface area contributed by atoms with Gasteiger partial charge in [0, 0.05) is 24.0 Å². The van der Waals surface area contributed by atoms with Crippen molar-refractivity contribution in [3.8, 4) is 28.3 Å². The zero-order valence-electron chi connectivity index (χ0n) is 21.8. The summed E-state index contributed by atoms with van der Waals surface area (Å²) in [4.78, 5) is 28.5. The Balaban J connectivity index is 1.35. The fourth-order valence-electron chi connectivity index (χ4n) is 5.26. The fourth-order valence-corrected chi connectivity index (χ4v) is 5.26. The van der Waals surface area contributed by atoms with E-state index in [1.54, 1.807) is 6.20 Å². The molecule has 196 valence electrons. The maximum Gasteiger partial charge on any atom is 0.308 e.